The fourth-order valence-electron chi connectivity index (χ4n) is 5.81. The summed E-state index contributed by atoms with van der Waals surface area (Å²) in [6.45, 7) is 5.07. The predicted octanol–water partition coefficient (Wildman–Crippen LogP) is 2.77. The summed E-state index contributed by atoms with van der Waals surface area (Å²) in [6, 6.07) is 3.90. The first-order chi connectivity index (χ1) is 15.3. The molecule has 2 aromatic heterocycles. The number of amides is 1. The molecule has 2 aliphatic rings. The van der Waals surface area contributed by atoms with Gasteiger partial charge in [-0.3, -0.25) is 9.78 Å². The highest BCUT2D eigenvalue weighted by atomic mass is 32.1. The molecule has 0 radical (unpaired) electrons. The number of rotatable bonds is 7. The van der Waals surface area contributed by atoms with E-state index in [0.29, 0.717) is 26.0 Å². The minimum absolute atomic E-state index is 0.0207. The molecule has 5 atom stereocenters. The van der Waals surface area contributed by atoms with Gasteiger partial charge in [-0.25, -0.2) is 4.98 Å². The minimum Gasteiger partial charge on any atom is -0.396 e. The van der Waals surface area contributed by atoms with Gasteiger partial charge in [-0.1, -0.05) is 13.8 Å². The van der Waals surface area contributed by atoms with Crippen molar-refractivity contribution in [2.45, 2.75) is 51.6 Å². The Labute approximate surface area is 193 Å². The molecule has 174 valence electrons. The van der Waals surface area contributed by atoms with Crippen LogP contribution in [0.2, 0.25) is 0 Å². The lowest BCUT2D eigenvalue weighted by atomic mass is 9.47. The van der Waals surface area contributed by atoms with Crippen LogP contribution in [-0.4, -0.2) is 59.1 Å². The lowest BCUT2D eigenvalue weighted by Gasteiger charge is -2.58. The molecule has 0 unspecified atom stereocenters. The quantitative estimate of drug-likeness (QED) is 0.550. The summed E-state index contributed by atoms with van der Waals surface area (Å²) in [5, 5.41) is 25.1. The topological polar surface area (TPSA) is 105 Å². The second-order valence-corrected chi connectivity index (χ2v) is 10.7. The third-order valence-electron chi connectivity index (χ3n) is 7.82. The standard InChI is InChI=1S/C24H33N3O4S/c1-23-7-6-19(29)24(2,14-28)18(23)12-17-21(16(23)11-20(30)26-9-10-31-3)27-22(32-17)15-5-4-8-25-13-15/h4-5,8,13,16,18-19,28-29H,6-7,9-12,14H2,1-3H3,(H,26,30)/t16-,18+,19-,23+,24+/m1/s1. The van der Waals surface area contributed by atoms with E-state index in [4.69, 9.17) is 9.72 Å². The highest BCUT2D eigenvalue weighted by Gasteiger charge is 2.59. The van der Waals surface area contributed by atoms with E-state index in [1.165, 1.54) is 0 Å². The van der Waals surface area contributed by atoms with Crippen molar-refractivity contribution >= 4 is 17.2 Å². The largest absolute Gasteiger partial charge is 0.396 e. The van der Waals surface area contributed by atoms with E-state index in [-0.39, 0.29) is 29.8 Å². The maximum atomic E-state index is 12.9. The van der Waals surface area contributed by atoms with E-state index >= 15 is 0 Å². The number of hydrogen-bond donors (Lipinski definition) is 3. The molecule has 2 heterocycles. The molecule has 0 aromatic carbocycles. The smallest absolute Gasteiger partial charge is 0.220 e. The van der Waals surface area contributed by atoms with Gasteiger partial charge < -0.3 is 20.3 Å². The van der Waals surface area contributed by atoms with Gasteiger partial charge in [0.05, 0.1) is 25.0 Å². The van der Waals surface area contributed by atoms with Gasteiger partial charge in [-0.05, 0) is 42.7 Å². The van der Waals surface area contributed by atoms with E-state index in [1.807, 2.05) is 25.3 Å². The Hall–Kier alpha value is -1.87. The molecule has 0 bridgehead atoms. The highest BCUT2D eigenvalue weighted by molar-refractivity contribution is 7.15. The zero-order chi connectivity index (χ0) is 22.9. The Morgan fingerprint density at radius 1 is 1.41 bits per heavy atom. The van der Waals surface area contributed by atoms with Crippen molar-refractivity contribution in [1.29, 1.82) is 0 Å². The number of nitrogens with zero attached hydrogens (tertiary/aromatic N) is 2. The molecule has 0 spiro atoms. The normalized spacial score (nSPS) is 31.6. The number of aliphatic hydroxyl groups excluding tert-OH is 2. The summed E-state index contributed by atoms with van der Waals surface area (Å²) in [5.41, 5.74) is 1.09. The van der Waals surface area contributed by atoms with E-state index in [1.54, 1.807) is 24.6 Å². The van der Waals surface area contributed by atoms with E-state index in [0.717, 1.165) is 34.0 Å². The average Bonchev–Trinajstić information content (AvgIpc) is 3.23. The van der Waals surface area contributed by atoms with E-state index < -0.39 is 11.5 Å². The first-order valence-electron chi connectivity index (χ1n) is 11.3. The van der Waals surface area contributed by atoms with Crippen molar-refractivity contribution in [3.8, 4) is 10.6 Å². The van der Waals surface area contributed by atoms with Crippen molar-refractivity contribution in [3.05, 3.63) is 35.1 Å². The monoisotopic (exact) mass is 459 g/mol. The Kier molecular flexibility index (Phi) is 6.68. The molecular weight excluding hydrogens is 426 g/mol. The fourth-order valence-corrected chi connectivity index (χ4v) is 6.97. The van der Waals surface area contributed by atoms with Crippen molar-refractivity contribution in [3.63, 3.8) is 0 Å². The molecule has 3 N–H and O–H groups in total. The zero-order valence-corrected chi connectivity index (χ0v) is 19.8. The second kappa shape index (κ2) is 9.17. The third-order valence-corrected chi connectivity index (χ3v) is 8.96. The van der Waals surface area contributed by atoms with Crippen LogP contribution in [-0.2, 0) is 16.0 Å². The minimum atomic E-state index is -0.617. The van der Waals surface area contributed by atoms with Crippen LogP contribution in [0.4, 0.5) is 0 Å². The maximum absolute atomic E-state index is 12.9. The number of thiazole rings is 1. The molecule has 4 rings (SSSR count). The van der Waals surface area contributed by atoms with Crippen LogP contribution in [0.1, 0.15) is 49.6 Å². The molecule has 8 heteroatoms. The van der Waals surface area contributed by atoms with Gasteiger partial charge >= 0.3 is 0 Å². The van der Waals surface area contributed by atoms with Gasteiger partial charge in [0.25, 0.3) is 0 Å². The van der Waals surface area contributed by atoms with Gasteiger partial charge in [0.1, 0.15) is 5.01 Å². The lowest BCUT2D eigenvalue weighted by Crippen LogP contribution is -2.57. The Balaban J connectivity index is 1.75. The SMILES string of the molecule is COCCNC(=O)C[C@@H]1c2nc(-c3cccnc3)sc2C[C@@H]2[C@](C)(CO)[C@H](O)CC[C@]21C. The van der Waals surface area contributed by atoms with Crippen molar-refractivity contribution in [1.82, 2.24) is 15.3 Å². The van der Waals surface area contributed by atoms with Crippen LogP contribution in [0.15, 0.2) is 24.5 Å². The molecule has 1 fully saturated rings. The van der Waals surface area contributed by atoms with Gasteiger partial charge in [0.2, 0.25) is 5.91 Å². The molecule has 7 nitrogen and oxygen atoms in total. The molecule has 0 aliphatic heterocycles. The highest BCUT2D eigenvalue weighted by Crippen LogP contribution is 2.62. The molecular formula is C24H33N3O4S. The molecule has 1 saturated carbocycles. The number of hydrogen-bond acceptors (Lipinski definition) is 7. The van der Waals surface area contributed by atoms with Crippen molar-refractivity contribution < 1.29 is 19.7 Å². The second-order valence-electron chi connectivity index (χ2n) is 9.65. The van der Waals surface area contributed by atoms with E-state index in [2.05, 4.69) is 17.2 Å². The van der Waals surface area contributed by atoms with Crippen LogP contribution in [0.3, 0.4) is 0 Å². The Morgan fingerprint density at radius 2 is 2.22 bits per heavy atom. The molecule has 0 saturated heterocycles. The van der Waals surface area contributed by atoms with Gasteiger partial charge in [0, 0.05) is 54.2 Å². The number of nitrogens with one attached hydrogen (secondary N) is 1. The summed E-state index contributed by atoms with van der Waals surface area (Å²) in [7, 11) is 1.61. The predicted molar refractivity (Wildman–Crippen MR) is 123 cm³/mol. The lowest BCUT2D eigenvalue weighted by molar-refractivity contribution is -0.144. The summed E-state index contributed by atoms with van der Waals surface area (Å²) < 4.78 is 5.06. The first kappa shape index (κ1) is 23.3. The Morgan fingerprint density at radius 3 is 2.91 bits per heavy atom. The molecule has 2 aliphatic carbocycles. The number of pyridine rings is 1. The van der Waals surface area contributed by atoms with Crippen LogP contribution in [0.5, 0.6) is 0 Å². The number of fused-ring (bicyclic) bond motifs is 2. The number of ether oxygens (including phenoxy) is 1. The van der Waals surface area contributed by atoms with Gasteiger partial charge in [0.15, 0.2) is 0 Å². The van der Waals surface area contributed by atoms with Gasteiger partial charge in [-0.15, -0.1) is 11.3 Å². The number of aliphatic hydroxyl groups is 2. The molecule has 1 amide bonds. The number of aromatic nitrogens is 2. The number of carbonyl (C=O) groups excluding carboxylic acids is 1. The summed E-state index contributed by atoms with van der Waals surface area (Å²) in [5.74, 6) is -0.0540. The Bertz CT molecular complexity index is 952. The maximum Gasteiger partial charge on any atom is 0.220 e. The van der Waals surface area contributed by atoms with Crippen molar-refractivity contribution in [2.24, 2.45) is 16.7 Å². The summed E-state index contributed by atoms with van der Waals surface area (Å²) in [4.78, 5) is 23.3. The summed E-state index contributed by atoms with van der Waals surface area (Å²) in [6.07, 6.45) is 5.48. The van der Waals surface area contributed by atoms with Crippen LogP contribution in [0.25, 0.3) is 10.6 Å². The van der Waals surface area contributed by atoms with E-state index in [9.17, 15) is 15.0 Å². The van der Waals surface area contributed by atoms with Crippen molar-refractivity contribution in [2.75, 3.05) is 26.9 Å². The number of methoxy groups -OCH3 is 1. The summed E-state index contributed by atoms with van der Waals surface area (Å²) >= 11 is 1.64. The average molecular weight is 460 g/mol. The molecule has 32 heavy (non-hydrogen) atoms. The number of carbonyl (C=O) groups is 1. The third kappa shape index (κ3) is 3.98. The zero-order valence-electron chi connectivity index (χ0n) is 19.0. The van der Waals surface area contributed by atoms with Crippen LogP contribution in [0, 0.1) is 16.7 Å². The van der Waals surface area contributed by atoms with Gasteiger partial charge in [-0.2, -0.15) is 0 Å². The van der Waals surface area contributed by atoms with Crippen LogP contribution < -0.4 is 5.32 Å². The fraction of sp³-hybridized carbons (Fsp3) is 0.625. The molecule has 2 aromatic rings. The van der Waals surface area contributed by atoms with Crippen LogP contribution >= 0.6 is 11.3 Å². The first-order valence-corrected chi connectivity index (χ1v) is 12.1.